The molecule has 2 fully saturated rings. The van der Waals surface area contributed by atoms with Crippen LogP contribution in [-0.2, 0) is 4.74 Å². The van der Waals surface area contributed by atoms with Crippen LogP contribution in [0, 0.1) is 0 Å². The quantitative estimate of drug-likeness (QED) is 0.809. The van der Waals surface area contributed by atoms with Crippen LogP contribution in [0.3, 0.4) is 0 Å². The first-order chi connectivity index (χ1) is 13.2. The van der Waals surface area contributed by atoms with Gasteiger partial charge in [0.2, 0.25) is 0 Å². The van der Waals surface area contributed by atoms with Gasteiger partial charge in [-0.3, -0.25) is 9.78 Å². The van der Waals surface area contributed by atoms with Crippen molar-refractivity contribution < 1.29 is 9.53 Å². The van der Waals surface area contributed by atoms with Crippen LogP contribution in [0.25, 0.3) is 0 Å². The van der Waals surface area contributed by atoms with Crippen molar-refractivity contribution >= 4 is 17.5 Å². The summed E-state index contributed by atoms with van der Waals surface area (Å²) >= 11 is 6.26. The van der Waals surface area contributed by atoms with Crippen LogP contribution in [0.5, 0.6) is 0 Å². The van der Waals surface area contributed by atoms with Gasteiger partial charge in [0, 0.05) is 25.5 Å². The third kappa shape index (κ3) is 4.00. The van der Waals surface area contributed by atoms with Gasteiger partial charge in [-0.1, -0.05) is 41.9 Å². The van der Waals surface area contributed by atoms with Gasteiger partial charge in [0.05, 0.1) is 29.3 Å². The van der Waals surface area contributed by atoms with Gasteiger partial charge in [-0.15, -0.1) is 0 Å². The molecule has 2 aliphatic rings. The van der Waals surface area contributed by atoms with E-state index in [1.165, 1.54) is 19.0 Å². The SMILES string of the molecule is O=C(c1ccncc1Cl)N1CCO[C@@H](CN2CCCC2)[C@@H]1c1ccccc1. The molecule has 2 aliphatic heterocycles. The molecule has 3 heterocycles. The highest BCUT2D eigenvalue weighted by molar-refractivity contribution is 6.33. The summed E-state index contributed by atoms with van der Waals surface area (Å²) in [7, 11) is 0. The molecule has 4 rings (SSSR count). The molecule has 0 bridgehead atoms. The number of hydrogen-bond donors (Lipinski definition) is 0. The number of carbonyl (C=O) groups is 1. The van der Waals surface area contributed by atoms with Crippen molar-refractivity contribution in [3.63, 3.8) is 0 Å². The van der Waals surface area contributed by atoms with Crippen molar-refractivity contribution in [3.8, 4) is 0 Å². The maximum absolute atomic E-state index is 13.3. The lowest BCUT2D eigenvalue weighted by Gasteiger charge is -2.43. The predicted octanol–water partition coefficient (Wildman–Crippen LogP) is 3.41. The van der Waals surface area contributed by atoms with Gasteiger partial charge in [-0.05, 0) is 37.6 Å². The lowest BCUT2D eigenvalue weighted by molar-refractivity contribution is -0.0707. The van der Waals surface area contributed by atoms with Crippen LogP contribution in [0.15, 0.2) is 48.8 Å². The number of morpholine rings is 1. The zero-order valence-electron chi connectivity index (χ0n) is 15.3. The van der Waals surface area contributed by atoms with Gasteiger partial charge in [-0.2, -0.15) is 0 Å². The molecule has 142 valence electrons. The first-order valence-electron chi connectivity index (χ1n) is 9.53. The van der Waals surface area contributed by atoms with Crippen molar-refractivity contribution in [1.29, 1.82) is 0 Å². The van der Waals surface area contributed by atoms with E-state index in [0.29, 0.717) is 23.7 Å². The third-order valence-electron chi connectivity index (χ3n) is 5.39. The number of carbonyl (C=O) groups excluding carboxylic acids is 1. The monoisotopic (exact) mass is 385 g/mol. The Labute approximate surface area is 164 Å². The summed E-state index contributed by atoms with van der Waals surface area (Å²) < 4.78 is 6.17. The molecule has 6 heteroatoms. The van der Waals surface area contributed by atoms with Crippen molar-refractivity contribution in [1.82, 2.24) is 14.8 Å². The van der Waals surface area contributed by atoms with E-state index in [0.717, 1.165) is 25.2 Å². The third-order valence-corrected chi connectivity index (χ3v) is 5.69. The zero-order valence-corrected chi connectivity index (χ0v) is 16.0. The van der Waals surface area contributed by atoms with Crippen molar-refractivity contribution in [2.45, 2.75) is 25.0 Å². The summed E-state index contributed by atoms with van der Waals surface area (Å²) in [4.78, 5) is 21.7. The molecule has 2 atom stereocenters. The molecular weight excluding hydrogens is 362 g/mol. The van der Waals surface area contributed by atoms with Crippen LogP contribution in [0.2, 0.25) is 5.02 Å². The van der Waals surface area contributed by atoms with E-state index >= 15 is 0 Å². The van der Waals surface area contributed by atoms with E-state index in [9.17, 15) is 4.79 Å². The summed E-state index contributed by atoms with van der Waals surface area (Å²) in [5, 5.41) is 0.386. The van der Waals surface area contributed by atoms with Crippen LogP contribution in [0.4, 0.5) is 0 Å². The van der Waals surface area contributed by atoms with E-state index in [1.807, 2.05) is 23.1 Å². The molecule has 1 aromatic heterocycles. The average Bonchev–Trinajstić information content (AvgIpc) is 3.21. The summed E-state index contributed by atoms with van der Waals surface area (Å²) in [6.45, 7) is 4.13. The highest BCUT2D eigenvalue weighted by Gasteiger charge is 2.38. The number of halogens is 1. The largest absolute Gasteiger partial charge is 0.373 e. The Hall–Kier alpha value is -1.95. The molecule has 0 spiro atoms. The number of ether oxygens (including phenoxy) is 1. The van der Waals surface area contributed by atoms with E-state index in [4.69, 9.17) is 16.3 Å². The van der Waals surface area contributed by atoms with E-state index in [1.54, 1.807) is 12.3 Å². The molecule has 5 nitrogen and oxygen atoms in total. The minimum absolute atomic E-state index is 0.0520. The number of pyridine rings is 1. The Morgan fingerprint density at radius 1 is 1.15 bits per heavy atom. The molecule has 0 N–H and O–H groups in total. The molecule has 0 aliphatic carbocycles. The second kappa shape index (κ2) is 8.38. The van der Waals surface area contributed by atoms with Gasteiger partial charge in [0.25, 0.3) is 5.91 Å². The fraction of sp³-hybridized carbons (Fsp3) is 0.429. The molecule has 0 unspecified atom stereocenters. The smallest absolute Gasteiger partial charge is 0.256 e. The number of benzene rings is 1. The van der Waals surface area contributed by atoms with Gasteiger partial charge in [0.15, 0.2) is 0 Å². The molecule has 1 amide bonds. The topological polar surface area (TPSA) is 45.7 Å². The number of likely N-dealkylation sites (tertiary alicyclic amines) is 1. The highest BCUT2D eigenvalue weighted by Crippen LogP contribution is 2.33. The first-order valence-corrected chi connectivity index (χ1v) is 9.91. The molecular formula is C21H24ClN3O2. The number of nitrogens with zero attached hydrogens (tertiary/aromatic N) is 3. The summed E-state index contributed by atoms with van der Waals surface area (Å²) in [5.41, 5.74) is 1.59. The van der Waals surface area contributed by atoms with E-state index in [-0.39, 0.29) is 18.1 Å². The van der Waals surface area contributed by atoms with Crippen LogP contribution < -0.4 is 0 Å². The van der Waals surface area contributed by atoms with Crippen LogP contribution >= 0.6 is 11.6 Å². The molecule has 1 aromatic carbocycles. The lowest BCUT2D eigenvalue weighted by Crippen LogP contribution is -2.51. The Morgan fingerprint density at radius 2 is 1.93 bits per heavy atom. The Balaban J connectivity index is 1.65. The van der Waals surface area contributed by atoms with Gasteiger partial charge in [-0.25, -0.2) is 0 Å². The van der Waals surface area contributed by atoms with Gasteiger partial charge < -0.3 is 14.5 Å². The maximum Gasteiger partial charge on any atom is 0.256 e. The predicted molar refractivity (Wildman–Crippen MR) is 105 cm³/mol. The summed E-state index contributed by atoms with van der Waals surface area (Å²) in [6, 6.07) is 11.7. The number of amides is 1. The second-order valence-electron chi connectivity index (χ2n) is 7.13. The molecule has 27 heavy (non-hydrogen) atoms. The molecule has 0 radical (unpaired) electrons. The molecule has 0 saturated carbocycles. The summed E-state index contributed by atoms with van der Waals surface area (Å²) in [5.74, 6) is -0.0639. The average molecular weight is 386 g/mol. The second-order valence-corrected chi connectivity index (χ2v) is 7.53. The van der Waals surface area contributed by atoms with E-state index < -0.39 is 0 Å². The highest BCUT2D eigenvalue weighted by atomic mass is 35.5. The first kappa shape index (κ1) is 18.4. The minimum Gasteiger partial charge on any atom is -0.373 e. The van der Waals surface area contributed by atoms with Crippen molar-refractivity contribution in [2.24, 2.45) is 0 Å². The fourth-order valence-electron chi connectivity index (χ4n) is 4.08. The standard InChI is InChI=1S/C21H24ClN3O2/c22-18-14-23-9-8-17(18)21(26)25-12-13-27-19(15-24-10-4-5-11-24)20(25)16-6-2-1-3-7-16/h1-3,6-9,14,19-20H,4-5,10-13,15H2/t19-,20-/m0/s1. The molecule has 2 saturated heterocycles. The molecule has 2 aromatic rings. The van der Waals surface area contributed by atoms with Gasteiger partial charge >= 0.3 is 0 Å². The Morgan fingerprint density at radius 3 is 2.67 bits per heavy atom. The number of hydrogen-bond acceptors (Lipinski definition) is 4. The van der Waals surface area contributed by atoms with Crippen molar-refractivity contribution in [2.75, 3.05) is 32.8 Å². The fourth-order valence-corrected chi connectivity index (χ4v) is 4.28. The van der Waals surface area contributed by atoms with Crippen LogP contribution in [-0.4, -0.2) is 59.6 Å². The Bertz CT molecular complexity index is 780. The maximum atomic E-state index is 13.3. The number of rotatable bonds is 4. The summed E-state index contributed by atoms with van der Waals surface area (Å²) in [6.07, 6.45) is 5.55. The normalized spacial score (nSPS) is 23.5. The number of aromatic nitrogens is 1. The van der Waals surface area contributed by atoms with Crippen LogP contribution in [0.1, 0.15) is 34.8 Å². The van der Waals surface area contributed by atoms with Crippen molar-refractivity contribution in [3.05, 3.63) is 64.9 Å². The Kier molecular flexibility index (Phi) is 5.72. The zero-order chi connectivity index (χ0) is 18.6. The lowest BCUT2D eigenvalue weighted by atomic mass is 9.96. The van der Waals surface area contributed by atoms with Gasteiger partial charge in [0.1, 0.15) is 0 Å². The minimum atomic E-state index is -0.128. The van der Waals surface area contributed by atoms with E-state index in [2.05, 4.69) is 22.0 Å².